The van der Waals surface area contributed by atoms with Crippen molar-refractivity contribution >= 4 is 17.2 Å². The van der Waals surface area contributed by atoms with Crippen LogP contribution in [0.2, 0.25) is 0 Å². The fourth-order valence-electron chi connectivity index (χ4n) is 2.22. The molecule has 0 saturated heterocycles. The van der Waals surface area contributed by atoms with Crippen LogP contribution in [0.15, 0.2) is 23.7 Å². The second kappa shape index (κ2) is 5.68. The molecule has 1 aliphatic rings. The summed E-state index contributed by atoms with van der Waals surface area (Å²) in [5.41, 5.74) is 2.06. The molecule has 1 amide bonds. The Hall–Kier alpha value is -1.79. The highest BCUT2D eigenvalue weighted by molar-refractivity contribution is 7.10. The Morgan fingerprint density at radius 2 is 2.45 bits per heavy atom. The van der Waals surface area contributed by atoms with Gasteiger partial charge in [0.2, 0.25) is 5.82 Å². The number of hydrogen-bond acceptors (Lipinski definition) is 5. The van der Waals surface area contributed by atoms with Crippen LogP contribution in [0.1, 0.15) is 39.7 Å². The van der Waals surface area contributed by atoms with Crippen LogP contribution in [-0.4, -0.2) is 22.4 Å². The van der Waals surface area contributed by atoms with E-state index in [4.69, 9.17) is 0 Å². The van der Waals surface area contributed by atoms with E-state index in [0.717, 1.165) is 35.6 Å². The van der Waals surface area contributed by atoms with E-state index < -0.39 is 0 Å². The second-order valence-electron chi connectivity index (χ2n) is 4.80. The average molecular weight is 288 g/mol. The molecule has 0 spiro atoms. The summed E-state index contributed by atoms with van der Waals surface area (Å²) in [6.45, 7) is 3.64. The molecule has 104 valence electrons. The van der Waals surface area contributed by atoms with Crippen molar-refractivity contribution in [3.63, 3.8) is 0 Å². The van der Waals surface area contributed by atoms with E-state index in [1.165, 1.54) is 0 Å². The Balaban J connectivity index is 1.74. The SMILES string of the molecule is C[C@@H](NC(=O)c1ncc2c(n1)CCNC2)c1cccs1. The van der Waals surface area contributed by atoms with Crippen LogP contribution in [0.25, 0.3) is 0 Å². The van der Waals surface area contributed by atoms with Gasteiger partial charge >= 0.3 is 0 Å². The van der Waals surface area contributed by atoms with Gasteiger partial charge in [0.15, 0.2) is 0 Å². The molecular formula is C14H16N4OS. The molecule has 1 aliphatic heterocycles. The number of amides is 1. The fourth-order valence-corrected chi connectivity index (χ4v) is 2.95. The molecule has 5 nitrogen and oxygen atoms in total. The number of carbonyl (C=O) groups is 1. The van der Waals surface area contributed by atoms with Crippen LogP contribution >= 0.6 is 11.3 Å². The predicted octanol–water partition coefficient (Wildman–Crippen LogP) is 1.67. The zero-order valence-electron chi connectivity index (χ0n) is 11.2. The molecule has 0 saturated carbocycles. The van der Waals surface area contributed by atoms with E-state index in [1.54, 1.807) is 17.5 Å². The van der Waals surface area contributed by atoms with Crippen molar-refractivity contribution in [3.05, 3.63) is 45.7 Å². The maximum Gasteiger partial charge on any atom is 0.289 e. The summed E-state index contributed by atoms with van der Waals surface area (Å²) in [5.74, 6) is 0.0429. The minimum atomic E-state index is -0.216. The van der Waals surface area contributed by atoms with Crippen LogP contribution in [0.5, 0.6) is 0 Å². The normalized spacial score (nSPS) is 15.4. The molecule has 2 aromatic rings. The minimum absolute atomic E-state index is 0.0243. The number of carbonyl (C=O) groups excluding carboxylic acids is 1. The van der Waals surface area contributed by atoms with Gasteiger partial charge in [0.25, 0.3) is 5.91 Å². The highest BCUT2D eigenvalue weighted by Crippen LogP contribution is 2.18. The number of nitrogens with zero attached hydrogens (tertiary/aromatic N) is 2. The van der Waals surface area contributed by atoms with Gasteiger partial charge in [0, 0.05) is 36.1 Å². The first kappa shape index (κ1) is 13.2. The lowest BCUT2D eigenvalue weighted by atomic mass is 10.1. The third-order valence-corrected chi connectivity index (χ3v) is 4.38. The summed E-state index contributed by atoms with van der Waals surface area (Å²) < 4.78 is 0. The number of nitrogens with one attached hydrogen (secondary N) is 2. The molecule has 2 N–H and O–H groups in total. The largest absolute Gasteiger partial charge is 0.342 e. The van der Waals surface area contributed by atoms with E-state index in [0.29, 0.717) is 0 Å². The maximum atomic E-state index is 12.2. The Labute approximate surface area is 121 Å². The van der Waals surface area contributed by atoms with Crippen molar-refractivity contribution in [2.75, 3.05) is 6.54 Å². The zero-order valence-corrected chi connectivity index (χ0v) is 12.0. The summed E-state index contributed by atoms with van der Waals surface area (Å²) in [4.78, 5) is 21.9. The van der Waals surface area contributed by atoms with E-state index in [-0.39, 0.29) is 17.8 Å². The summed E-state index contributed by atoms with van der Waals surface area (Å²) in [5, 5.41) is 8.20. The summed E-state index contributed by atoms with van der Waals surface area (Å²) >= 11 is 1.63. The first-order valence-corrected chi connectivity index (χ1v) is 7.52. The van der Waals surface area contributed by atoms with Gasteiger partial charge in [-0.2, -0.15) is 0 Å². The van der Waals surface area contributed by atoms with Crippen LogP contribution in [0, 0.1) is 0 Å². The van der Waals surface area contributed by atoms with E-state index in [2.05, 4.69) is 20.6 Å². The number of fused-ring (bicyclic) bond motifs is 1. The lowest BCUT2D eigenvalue weighted by molar-refractivity contribution is 0.0929. The smallest absolute Gasteiger partial charge is 0.289 e. The van der Waals surface area contributed by atoms with Crippen molar-refractivity contribution in [1.82, 2.24) is 20.6 Å². The van der Waals surface area contributed by atoms with Crippen LogP contribution in [0.4, 0.5) is 0 Å². The molecule has 3 rings (SSSR count). The van der Waals surface area contributed by atoms with Gasteiger partial charge in [-0.3, -0.25) is 4.79 Å². The highest BCUT2D eigenvalue weighted by atomic mass is 32.1. The van der Waals surface area contributed by atoms with Crippen molar-refractivity contribution < 1.29 is 4.79 Å². The van der Waals surface area contributed by atoms with Gasteiger partial charge in [0.05, 0.1) is 11.7 Å². The maximum absolute atomic E-state index is 12.2. The van der Waals surface area contributed by atoms with Crippen molar-refractivity contribution in [2.45, 2.75) is 25.9 Å². The zero-order chi connectivity index (χ0) is 13.9. The van der Waals surface area contributed by atoms with Crippen molar-refractivity contribution in [1.29, 1.82) is 0 Å². The molecule has 6 heteroatoms. The molecule has 0 aromatic carbocycles. The third-order valence-electron chi connectivity index (χ3n) is 3.33. The van der Waals surface area contributed by atoms with Crippen LogP contribution in [0.3, 0.4) is 0 Å². The van der Waals surface area contributed by atoms with E-state index >= 15 is 0 Å². The molecular weight excluding hydrogens is 272 g/mol. The average Bonchev–Trinajstić information content (AvgIpc) is 3.01. The standard InChI is InChI=1S/C14H16N4OS/c1-9(12-3-2-6-20-12)17-14(19)13-16-8-10-7-15-5-4-11(10)18-13/h2-3,6,8-9,15H,4-5,7H2,1H3,(H,17,19)/t9-/m1/s1. The lowest BCUT2D eigenvalue weighted by Gasteiger charge is -2.16. The van der Waals surface area contributed by atoms with Crippen LogP contribution < -0.4 is 10.6 Å². The summed E-state index contributed by atoms with van der Waals surface area (Å²) in [6, 6.07) is 3.96. The van der Waals surface area contributed by atoms with Gasteiger partial charge in [-0.25, -0.2) is 9.97 Å². The number of thiophene rings is 1. The summed E-state index contributed by atoms with van der Waals surface area (Å²) in [7, 11) is 0. The molecule has 20 heavy (non-hydrogen) atoms. The molecule has 0 fully saturated rings. The van der Waals surface area contributed by atoms with Crippen molar-refractivity contribution in [3.8, 4) is 0 Å². The Bertz CT molecular complexity index is 612. The fraction of sp³-hybridized carbons (Fsp3) is 0.357. The summed E-state index contributed by atoms with van der Waals surface area (Å²) in [6.07, 6.45) is 2.60. The van der Waals surface area contributed by atoms with Gasteiger partial charge in [-0.15, -0.1) is 11.3 Å². The van der Waals surface area contributed by atoms with Gasteiger partial charge in [-0.05, 0) is 18.4 Å². The molecule has 0 bridgehead atoms. The molecule has 0 unspecified atom stereocenters. The Morgan fingerprint density at radius 1 is 1.55 bits per heavy atom. The number of rotatable bonds is 3. The van der Waals surface area contributed by atoms with Gasteiger partial charge in [-0.1, -0.05) is 6.07 Å². The van der Waals surface area contributed by atoms with Crippen LogP contribution in [-0.2, 0) is 13.0 Å². The van der Waals surface area contributed by atoms with E-state index in [9.17, 15) is 4.79 Å². The first-order chi connectivity index (χ1) is 9.74. The van der Waals surface area contributed by atoms with Gasteiger partial charge < -0.3 is 10.6 Å². The van der Waals surface area contributed by atoms with Crippen molar-refractivity contribution in [2.24, 2.45) is 0 Å². The molecule has 2 aromatic heterocycles. The number of hydrogen-bond donors (Lipinski definition) is 2. The highest BCUT2D eigenvalue weighted by Gasteiger charge is 2.17. The molecule has 0 radical (unpaired) electrons. The third kappa shape index (κ3) is 2.71. The Morgan fingerprint density at radius 3 is 3.25 bits per heavy atom. The molecule has 1 atom stereocenters. The minimum Gasteiger partial charge on any atom is -0.342 e. The van der Waals surface area contributed by atoms with Gasteiger partial charge in [0.1, 0.15) is 0 Å². The molecule has 3 heterocycles. The lowest BCUT2D eigenvalue weighted by Crippen LogP contribution is -2.30. The second-order valence-corrected chi connectivity index (χ2v) is 5.78. The molecule has 0 aliphatic carbocycles. The monoisotopic (exact) mass is 288 g/mol. The predicted molar refractivity (Wildman–Crippen MR) is 77.6 cm³/mol. The Kier molecular flexibility index (Phi) is 3.75. The van der Waals surface area contributed by atoms with E-state index in [1.807, 2.05) is 24.4 Å². The first-order valence-electron chi connectivity index (χ1n) is 6.64. The number of aromatic nitrogens is 2. The topological polar surface area (TPSA) is 66.9 Å². The quantitative estimate of drug-likeness (QED) is 0.901.